The first-order valence-electron chi connectivity index (χ1n) is 11.4. The maximum atomic E-state index is 13.4. The second-order valence-corrected chi connectivity index (χ2v) is 10.3. The van der Waals surface area contributed by atoms with Gasteiger partial charge in [-0.2, -0.15) is 5.26 Å². The van der Waals surface area contributed by atoms with E-state index in [1.807, 2.05) is 18.2 Å². The number of carbonyl (C=O) groups is 1. The standard InChI is InChI=1S/C27H27N5OS/c1-17(2)19-7-9-22(10-8-19)32-14-23-25(33)31(3)26(29)30-27(23,16-32)24-12-21(15-34-24)20-6-4-5-18(11-20)13-28/h4-12,15,17,23H,14,16H2,1-3H3,(H2,29,30)/t23?,27-/m0/s1. The lowest BCUT2D eigenvalue weighted by molar-refractivity contribution is -0.132. The first-order chi connectivity index (χ1) is 16.3. The number of guanidine groups is 1. The Labute approximate surface area is 203 Å². The van der Waals surface area contributed by atoms with Crippen LogP contribution in [-0.2, 0) is 10.3 Å². The molecule has 1 saturated heterocycles. The fourth-order valence-electron chi connectivity index (χ4n) is 4.91. The largest absolute Gasteiger partial charge is 0.369 e. The van der Waals surface area contributed by atoms with Crippen LogP contribution in [0, 0.1) is 17.2 Å². The van der Waals surface area contributed by atoms with E-state index in [2.05, 4.69) is 60.5 Å². The van der Waals surface area contributed by atoms with Gasteiger partial charge in [-0.25, -0.2) is 4.99 Å². The van der Waals surface area contributed by atoms with Gasteiger partial charge >= 0.3 is 0 Å². The van der Waals surface area contributed by atoms with E-state index in [-0.39, 0.29) is 17.8 Å². The van der Waals surface area contributed by atoms with Crippen LogP contribution in [0.5, 0.6) is 0 Å². The quantitative estimate of drug-likeness (QED) is 0.608. The number of nitrogens with two attached hydrogens (primary N) is 1. The number of aliphatic imine (C=N–C) groups is 1. The summed E-state index contributed by atoms with van der Waals surface area (Å²) in [6.07, 6.45) is 0. The van der Waals surface area contributed by atoms with Gasteiger partial charge in [-0.3, -0.25) is 9.69 Å². The summed E-state index contributed by atoms with van der Waals surface area (Å²) in [6, 6.07) is 20.5. The number of hydrogen-bond donors (Lipinski definition) is 1. The number of hydrogen-bond acceptors (Lipinski definition) is 6. The number of rotatable bonds is 4. The summed E-state index contributed by atoms with van der Waals surface area (Å²) in [5, 5.41) is 11.4. The Balaban J connectivity index is 1.56. The van der Waals surface area contributed by atoms with Crippen molar-refractivity contribution in [3.63, 3.8) is 0 Å². The van der Waals surface area contributed by atoms with Crippen molar-refractivity contribution in [1.29, 1.82) is 5.26 Å². The average Bonchev–Trinajstić information content (AvgIpc) is 3.49. The average molecular weight is 470 g/mol. The molecule has 0 aliphatic carbocycles. The molecule has 3 heterocycles. The normalized spacial score (nSPS) is 22.0. The van der Waals surface area contributed by atoms with Gasteiger partial charge in [-0.15, -0.1) is 11.3 Å². The van der Waals surface area contributed by atoms with Crippen LogP contribution in [-0.4, -0.2) is 36.9 Å². The summed E-state index contributed by atoms with van der Waals surface area (Å²) in [6.45, 7) is 5.53. The number of nitrogens with zero attached hydrogens (tertiary/aromatic N) is 4. The third-order valence-electron chi connectivity index (χ3n) is 6.97. The highest BCUT2D eigenvalue weighted by Gasteiger charge is 2.56. The summed E-state index contributed by atoms with van der Waals surface area (Å²) >= 11 is 1.60. The fourth-order valence-corrected chi connectivity index (χ4v) is 6.02. The number of fused-ring (bicyclic) bond motifs is 1. The van der Waals surface area contributed by atoms with E-state index in [1.54, 1.807) is 24.5 Å². The molecule has 3 aromatic rings. The van der Waals surface area contributed by atoms with Crippen molar-refractivity contribution in [3.05, 3.63) is 76.0 Å². The lowest BCUT2D eigenvalue weighted by Gasteiger charge is -2.36. The van der Waals surface area contributed by atoms with Crippen molar-refractivity contribution < 1.29 is 4.79 Å². The fraction of sp³-hybridized carbons (Fsp3) is 0.296. The van der Waals surface area contributed by atoms with Gasteiger partial charge in [0.2, 0.25) is 5.91 Å². The predicted molar refractivity (Wildman–Crippen MR) is 137 cm³/mol. The van der Waals surface area contributed by atoms with Crippen molar-refractivity contribution in [2.45, 2.75) is 25.3 Å². The van der Waals surface area contributed by atoms with Crippen molar-refractivity contribution in [1.82, 2.24) is 4.90 Å². The second-order valence-electron chi connectivity index (χ2n) is 9.36. The predicted octanol–water partition coefficient (Wildman–Crippen LogP) is 4.53. The molecule has 1 unspecified atom stereocenters. The minimum absolute atomic E-state index is 0.00442. The lowest BCUT2D eigenvalue weighted by atomic mass is 9.83. The van der Waals surface area contributed by atoms with Crippen molar-refractivity contribution in [3.8, 4) is 17.2 Å². The summed E-state index contributed by atoms with van der Waals surface area (Å²) in [5.74, 6) is 0.381. The molecule has 0 radical (unpaired) electrons. The molecule has 6 nitrogen and oxygen atoms in total. The maximum Gasteiger partial charge on any atom is 0.236 e. The van der Waals surface area contributed by atoms with Gasteiger partial charge in [0.25, 0.3) is 0 Å². The Morgan fingerprint density at radius 3 is 2.65 bits per heavy atom. The van der Waals surface area contributed by atoms with Crippen LogP contribution in [0.4, 0.5) is 5.69 Å². The monoisotopic (exact) mass is 469 g/mol. The molecular weight excluding hydrogens is 442 g/mol. The van der Waals surface area contributed by atoms with Gasteiger partial charge in [0.05, 0.1) is 17.6 Å². The van der Waals surface area contributed by atoms with Gasteiger partial charge in [0, 0.05) is 30.7 Å². The first-order valence-corrected chi connectivity index (χ1v) is 12.3. The minimum Gasteiger partial charge on any atom is -0.369 e. The van der Waals surface area contributed by atoms with Crippen LogP contribution in [0.1, 0.15) is 35.8 Å². The summed E-state index contributed by atoms with van der Waals surface area (Å²) in [4.78, 5) is 23.1. The number of carbonyl (C=O) groups excluding carboxylic acids is 1. The molecule has 34 heavy (non-hydrogen) atoms. The molecule has 1 fully saturated rings. The Bertz CT molecular complexity index is 1320. The Kier molecular flexibility index (Phi) is 5.41. The lowest BCUT2D eigenvalue weighted by Crippen LogP contribution is -2.54. The summed E-state index contributed by atoms with van der Waals surface area (Å²) in [5.41, 5.74) is 10.5. The van der Waals surface area contributed by atoms with E-state index in [9.17, 15) is 10.1 Å². The van der Waals surface area contributed by atoms with Crippen LogP contribution in [0.2, 0.25) is 0 Å². The zero-order chi connectivity index (χ0) is 24.0. The van der Waals surface area contributed by atoms with Gasteiger partial charge in [0.1, 0.15) is 5.54 Å². The molecule has 7 heteroatoms. The van der Waals surface area contributed by atoms with E-state index in [0.717, 1.165) is 21.7 Å². The number of amides is 1. The highest BCUT2D eigenvalue weighted by molar-refractivity contribution is 7.10. The topological polar surface area (TPSA) is 85.7 Å². The number of benzene rings is 2. The van der Waals surface area contributed by atoms with E-state index < -0.39 is 5.54 Å². The van der Waals surface area contributed by atoms with Crippen LogP contribution in [0.25, 0.3) is 11.1 Å². The smallest absolute Gasteiger partial charge is 0.236 e. The zero-order valence-corrected chi connectivity index (χ0v) is 20.3. The van der Waals surface area contributed by atoms with Crippen LogP contribution < -0.4 is 10.6 Å². The Morgan fingerprint density at radius 1 is 1.18 bits per heavy atom. The van der Waals surface area contributed by atoms with E-state index in [0.29, 0.717) is 24.6 Å². The SMILES string of the molecule is CC(C)c1ccc(N2CC3C(=O)N(C)C(N)=N[C@@]3(c3cc(-c4cccc(C#N)c4)cs3)C2)cc1. The van der Waals surface area contributed by atoms with E-state index in [4.69, 9.17) is 10.7 Å². The highest BCUT2D eigenvalue weighted by atomic mass is 32.1. The Morgan fingerprint density at radius 2 is 1.94 bits per heavy atom. The molecule has 0 saturated carbocycles. The molecule has 2 aliphatic heterocycles. The number of thiophene rings is 1. The summed E-state index contributed by atoms with van der Waals surface area (Å²) < 4.78 is 0. The van der Waals surface area contributed by atoms with E-state index >= 15 is 0 Å². The molecule has 2 N–H and O–H groups in total. The van der Waals surface area contributed by atoms with Gasteiger partial charge in [-0.1, -0.05) is 38.1 Å². The Hall–Kier alpha value is -3.63. The molecule has 2 aliphatic rings. The molecule has 1 amide bonds. The van der Waals surface area contributed by atoms with Gasteiger partial charge in [0.15, 0.2) is 5.96 Å². The molecule has 0 bridgehead atoms. The van der Waals surface area contributed by atoms with E-state index in [1.165, 1.54) is 10.5 Å². The maximum absolute atomic E-state index is 13.4. The zero-order valence-electron chi connectivity index (χ0n) is 19.5. The molecular formula is C27H27N5OS. The minimum atomic E-state index is -0.736. The molecule has 0 spiro atoms. The third kappa shape index (κ3) is 3.55. The van der Waals surface area contributed by atoms with Crippen molar-refractivity contribution in [2.24, 2.45) is 16.6 Å². The van der Waals surface area contributed by atoms with Crippen molar-refractivity contribution >= 4 is 28.9 Å². The molecule has 2 aromatic carbocycles. The highest BCUT2D eigenvalue weighted by Crippen LogP contribution is 2.48. The van der Waals surface area contributed by atoms with Crippen LogP contribution >= 0.6 is 11.3 Å². The number of nitriles is 1. The van der Waals surface area contributed by atoms with Crippen molar-refractivity contribution in [2.75, 3.05) is 25.0 Å². The van der Waals surface area contributed by atoms with Gasteiger partial charge in [-0.05, 0) is 58.3 Å². The number of anilines is 1. The molecule has 1 aromatic heterocycles. The molecule has 172 valence electrons. The molecule has 2 atom stereocenters. The van der Waals surface area contributed by atoms with Gasteiger partial charge < -0.3 is 10.6 Å². The second kappa shape index (κ2) is 8.30. The molecule has 5 rings (SSSR count). The third-order valence-corrected chi connectivity index (χ3v) is 8.07. The first kappa shape index (κ1) is 22.2. The summed E-state index contributed by atoms with van der Waals surface area (Å²) in [7, 11) is 1.69. The van der Waals surface area contributed by atoms with Crippen LogP contribution in [0.15, 0.2) is 65.0 Å². The van der Waals surface area contributed by atoms with Crippen LogP contribution in [0.3, 0.4) is 0 Å².